The van der Waals surface area contributed by atoms with Gasteiger partial charge in [-0.25, -0.2) is 0 Å². The van der Waals surface area contributed by atoms with Gasteiger partial charge in [-0.3, -0.25) is 4.79 Å². The smallest absolute Gasteiger partial charge is 0.261 e. The number of rotatable bonds is 4. The molecule has 1 heterocycles. The summed E-state index contributed by atoms with van der Waals surface area (Å²) in [5, 5.41) is 2.99. The molecule has 90 valence electrons. The van der Waals surface area contributed by atoms with Gasteiger partial charge in [0.15, 0.2) is 0 Å². The Morgan fingerprint density at radius 2 is 2.19 bits per heavy atom. The highest BCUT2D eigenvalue weighted by atomic mass is 79.9. The highest BCUT2D eigenvalue weighted by Gasteiger charge is 2.14. The van der Waals surface area contributed by atoms with Crippen molar-refractivity contribution >= 4 is 49.1 Å². The Kier molecular flexibility index (Phi) is 5.47. The third kappa shape index (κ3) is 4.18. The molecule has 1 N–H and O–H groups in total. The van der Waals surface area contributed by atoms with Crippen molar-refractivity contribution in [2.45, 2.75) is 38.1 Å². The Balaban J connectivity index is 2.58. The molecule has 0 bridgehead atoms. The van der Waals surface area contributed by atoms with E-state index in [1.165, 1.54) is 11.3 Å². The number of hydrogen-bond acceptors (Lipinski definition) is 2. The van der Waals surface area contributed by atoms with E-state index in [9.17, 15) is 4.79 Å². The highest BCUT2D eigenvalue weighted by molar-refractivity contribution is 9.11. The molecule has 0 saturated carbocycles. The first-order valence-corrected chi connectivity index (χ1v) is 7.63. The number of nitrogens with one attached hydrogen (secondary N) is 1. The van der Waals surface area contributed by atoms with Crippen molar-refractivity contribution in [3.05, 3.63) is 20.3 Å². The van der Waals surface area contributed by atoms with Gasteiger partial charge in [0.2, 0.25) is 0 Å². The summed E-state index contributed by atoms with van der Waals surface area (Å²) in [4.78, 5) is 13.0. The standard InChI is InChI=1S/C11H15Br2NOS/c1-6-4-9(16-10(6)13)11(15)14-8(3)5-7(2)12/h4,7-8H,5H2,1-3H3,(H,14,15). The summed E-state index contributed by atoms with van der Waals surface area (Å²) >= 11 is 8.38. The van der Waals surface area contributed by atoms with E-state index in [4.69, 9.17) is 0 Å². The van der Waals surface area contributed by atoms with Crippen LogP contribution in [0.2, 0.25) is 0 Å². The number of halogens is 2. The van der Waals surface area contributed by atoms with Crippen LogP contribution in [0, 0.1) is 6.92 Å². The molecule has 2 nitrogen and oxygen atoms in total. The lowest BCUT2D eigenvalue weighted by Crippen LogP contribution is -2.33. The van der Waals surface area contributed by atoms with E-state index >= 15 is 0 Å². The van der Waals surface area contributed by atoms with Crippen molar-refractivity contribution in [3.63, 3.8) is 0 Å². The third-order valence-electron chi connectivity index (χ3n) is 2.14. The van der Waals surface area contributed by atoms with Gasteiger partial charge in [-0.15, -0.1) is 11.3 Å². The van der Waals surface area contributed by atoms with Crippen LogP contribution in [-0.2, 0) is 0 Å². The number of thiophene rings is 1. The molecule has 1 aromatic heterocycles. The fraction of sp³-hybridized carbons (Fsp3) is 0.545. The molecule has 0 aliphatic rings. The summed E-state index contributed by atoms with van der Waals surface area (Å²) in [6.07, 6.45) is 0.928. The van der Waals surface area contributed by atoms with Crippen molar-refractivity contribution in [1.82, 2.24) is 5.32 Å². The van der Waals surface area contributed by atoms with Gasteiger partial charge in [0.05, 0.1) is 8.66 Å². The zero-order chi connectivity index (χ0) is 12.3. The van der Waals surface area contributed by atoms with E-state index in [1.807, 2.05) is 19.9 Å². The number of carbonyl (C=O) groups excluding carboxylic acids is 1. The normalized spacial score (nSPS) is 14.6. The lowest BCUT2D eigenvalue weighted by Gasteiger charge is -2.14. The molecule has 0 fully saturated rings. The molecule has 16 heavy (non-hydrogen) atoms. The summed E-state index contributed by atoms with van der Waals surface area (Å²) in [5.74, 6) is 0.0134. The van der Waals surface area contributed by atoms with E-state index in [0.29, 0.717) is 4.83 Å². The van der Waals surface area contributed by atoms with Crippen LogP contribution in [0.3, 0.4) is 0 Å². The Hall–Kier alpha value is 0.130. The van der Waals surface area contributed by atoms with E-state index in [2.05, 4.69) is 44.1 Å². The lowest BCUT2D eigenvalue weighted by atomic mass is 10.2. The van der Waals surface area contributed by atoms with Gasteiger partial charge in [0, 0.05) is 10.9 Å². The zero-order valence-corrected chi connectivity index (χ0v) is 13.5. The van der Waals surface area contributed by atoms with Gasteiger partial charge in [-0.2, -0.15) is 0 Å². The molecule has 0 saturated heterocycles. The maximum atomic E-state index is 11.9. The van der Waals surface area contributed by atoms with E-state index in [1.54, 1.807) is 0 Å². The maximum absolute atomic E-state index is 11.9. The van der Waals surface area contributed by atoms with Gasteiger partial charge >= 0.3 is 0 Å². The Morgan fingerprint density at radius 1 is 1.56 bits per heavy atom. The number of hydrogen-bond donors (Lipinski definition) is 1. The molecule has 0 radical (unpaired) electrons. The molecule has 1 amide bonds. The van der Waals surface area contributed by atoms with Crippen molar-refractivity contribution in [2.24, 2.45) is 0 Å². The minimum absolute atomic E-state index is 0.0134. The van der Waals surface area contributed by atoms with Gasteiger partial charge in [0.1, 0.15) is 0 Å². The topological polar surface area (TPSA) is 29.1 Å². The van der Waals surface area contributed by atoms with Crippen LogP contribution in [-0.4, -0.2) is 16.8 Å². The zero-order valence-electron chi connectivity index (χ0n) is 9.51. The van der Waals surface area contributed by atoms with Gasteiger partial charge in [-0.05, 0) is 47.8 Å². The molecule has 0 spiro atoms. The molecule has 1 rings (SSSR count). The summed E-state index contributed by atoms with van der Waals surface area (Å²) < 4.78 is 1.03. The minimum Gasteiger partial charge on any atom is -0.349 e. The first-order valence-electron chi connectivity index (χ1n) is 5.11. The molecular formula is C11H15Br2NOS. The number of amides is 1. The van der Waals surface area contributed by atoms with E-state index in [0.717, 1.165) is 20.6 Å². The predicted octanol–water partition coefficient (Wildman–Crippen LogP) is 4.11. The second kappa shape index (κ2) is 6.17. The maximum Gasteiger partial charge on any atom is 0.261 e. The van der Waals surface area contributed by atoms with Crippen molar-refractivity contribution < 1.29 is 4.79 Å². The largest absolute Gasteiger partial charge is 0.349 e. The molecule has 0 aliphatic carbocycles. The van der Waals surface area contributed by atoms with E-state index in [-0.39, 0.29) is 11.9 Å². The number of alkyl halides is 1. The van der Waals surface area contributed by atoms with Gasteiger partial charge in [0.25, 0.3) is 5.91 Å². The molecule has 2 unspecified atom stereocenters. The number of carbonyl (C=O) groups is 1. The van der Waals surface area contributed by atoms with Crippen molar-refractivity contribution in [3.8, 4) is 0 Å². The van der Waals surface area contributed by atoms with Crippen molar-refractivity contribution in [2.75, 3.05) is 0 Å². The Bertz CT molecular complexity index is 357. The van der Waals surface area contributed by atoms with Crippen LogP contribution in [0.25, 0.3) is 0 Å². The van der Waals surface area contributed by atoms with Crippen LogP contribution in [0.1, 0.15) is 35.5 Å². The first-order chi connectivity index (χ1) is 7.40. The third-order valence-corrected chi connectivity index (χ3v) is 4.65. The molecule has 1 aromatic rings. The van der Waals surface area contributed by atoms with Crippen LogP contribution >= 0.6 is 43.2 Å². The fourth-order valence-electron chi connectivity index (χ4n) is 1.41. The second-order valence-corrected chi connectivity index (χ2v) is 7.89. The van der Waals surface area contributed by atoms with E-state index < -0.39 is 0 Å². The molecule has 0 aromatic carbocycles. The average Bonchev–Trinajstić information content (AvgIpc) is 2.45. The predicted molar refractivity (Wildman–Crippen MR) is 76.7 cm³/mol. The summed E-state index contributed by atoms with van der Waals surface area (Å²) in [5.41, 5.74) is 1.11. The SMILES string of the molecule is Cc1cc(C(=O)NC(C)CC(C)Br)sc1Br. The Morgan fingerprint density at radius 3 is 2.62 bits per heavy atom. The fourth-order valence-corrected chi connectivity index (χ4v) is 3.41. The average molecular weight is 369 g/mol. The highest BCUT2D eigenvalue weighted by Crippen LogP contribution is 2.27. The Labute approximate surface area is 117 Å². The quantitative estimate of drug-likeness (QED) is 0.796. The lowest BCUT2D eigenvalue weighted by molar-refractivity contribution is 0.0943. The number of aryl methyl sites for hydroxylation is 1. The molecule has 5 heteroatoms. The molecule has 0 aliphatic heterocycles. The van der Waals surface area contributed by atoms with Crippen LogP contribution in [0.5, 0.6) is 0 Å². The second-order valence-electron chi connectivity index (χ2n) is 3.96. The summed E-state index contributed by atoms with van der Waals surface area (Å²) in [6, 6.07) is 2.09. The van der Waals surface area contributed by atoms with Gasteiger partial charge in [-0.1, -0.05) is 22.9 Å². The summed E-state index contributed by atoms with van der Waals surface area (Å²) in [6.45, 7) is 6.08. The van der Waals surface area contributed by atoms with Crippen LogP contribution in [0.4, 0.5) is 0 Å². The van der Waals surface area contributed by atoms with Crippen molar-refractivity contribution in [1.29, 1.82) is 0 Å². The van der Waals surface area contributed by atoms with Gasteiger partial charge < -0.3 is 5.32 Å². The summed E-state index contributed by atoms with van der Waals surface area (Å²) in [7, 11) is 0. The first kappa shape index (κ1) is 14.2. The molecular weight excluding hydrogens is 354 g/mol. The monoisotopic (exact) mass is 367 g/mol. The van der Waals surface area contributed by atoms with Crippen LogP contribution in [0.15, 0.2) is 9.85 Å². The van der Waals surface area contributed by atoms with Crippen LogP contribution < -0.4 is 5.32 Å². The minimum atomic E-state index is 0.0134. The molecule has 2 atom stereocenters.